The summed E-state index contributed by atoms with van der Waals surface area (Å²) in [4.78, 5) is 11.0. The van der Waals surface area contributed by atoms with Gasteiger partial charge in [-0.15, -0.1) is 0 Å². The van der Waals surface area contributed by atoms with Gasteiger partial charge in [-0.1, -0.05) is 36.4 Å². The van der Waals surface area contributed by atoms with E-state index in [1.54, 1.807) is 13.0 Å². The van der Waals surface area contributed by atoms with E-state index in [0.29, 0.717) is 13.0 Å². The Morgan fingerprint density at radius 1 is 1.44 bits per heavy atom. The molecule has 0 heterocycles. The van der Waals surface area contributed by atoms with Crippen LogP contribution in [-0.4, -0.2) is 17.7 Å². The molecule has 0 amide bonds. The molecule has 0 spiro atoms. The molecule has 0 fully saturated rings. The Morgan fingerprint density at radius 3 is 2.75 bits per heavy atom. The first-order chi connectivity index (χ1) is 7.74. The molecule has 1 aromatic carbocycles. The first kappa shape index (κ1) is 12.5. The first-order valence-electron chi connectivity index (χ1n) is 5.30. The lowest BCUT2D eigenvalue weighted by Crippen LogP contribution is -2.00. The fourth-order valence-electron chi connectivity index (χ4n) is 1.29. The molecule has 0 aliphatic rings. The SMILES string of the molecule is CCOC(=O)C=CC[C@H](O)c1ccccc1. The highest BCUT2D eigenvalue weighted by Crippen LogP contribution is 2.15. The van der Waals surface area contributed by atoms with E-state index in [9.17, 15) is 9.90 Å². The molecule has 1 aromatic rings. The van der Waals surface area contributed by atoms with Crippen LogP contribution in [0, 0.1) is 0 Å². The van der Waals surface area contributed by atoms with Crippen molar-refractivity contribution in [3.8, 4) is 0 Å². The predicted octanol–water partition coefficient (Wildman–Crippen LogP) is 2.23. The van der Waals surface area contributed by atoms with E-state index in [1.165, 1.54) is 6.08 Å². The Kier molecular flexibility index (Phi) is 5.29. The lowest BCUT2D eigenvalue weighted by molar-refractivity contribution is -0.137. The van der Waals surface area contributed by atoms with E-state index in [2.05, 4.69) is 0 Å². The van der Waals surface area contributed by atoms with Gasteiger partial charge in [0.1, 0.15) is 0 Å². The van der Waals surface area contributed by atoms with E-state index in [4.69, 9.17) is 4.74 Å². The summed E-state index contributed by atoms with van der Waals surface area (Å²) in [7, 11) is 0. The maximum absolute atomic E-state index is 11.0. The molecule has 0 aliphatic heterocycles. The highest BCUT2D eigenvalue weighted by atomic mass is 16.5. The molecule has 0 aromatic heterocycles. The third-order valence-electron chi connectivity index (χ3n) is 2.08. The minimum atomic E-state index is -0.577. The number of ether oxygens (including phenoxy) is 1. The van der Waals surface area contributed by atoms with Crippen molar-refractivity contribution in [3.63, 3.8) is 0 Å². The first-order valence-corrected chi connectivity index (χ1v) is 5.30. The number of esters is 1. The summed E-state index contributed by atoms with van der Waals surface area (Å²) in [5, 5.41) is 9.76. The van der Waals surface area contributed by atoms with Crippen molar-refractivity contribution >= 4 is 5.97 Å². The number of hydrogen-bond acceptors (Lipinski definition) is 3. The van der Waals surface area contributed by atoms with Crippen molar-refractivity contribution in [2.45, 2.75) is 19.4 Å². The van der Waals surface area contributed by atoms with Crippen molar-refractivity contribution < 1.29 is 14.6 Å². The number of aliphatic hydroxyl groups excluding tert-OH is 1. The Balaban J connectivity index is 2.41. The van der Waals surface area contributed by atoms with Crippen LogP contribution in [0.25, 0.3) is 0 Å². The molecule has 1 rings (SSSR count). The summed E-state index contributed by atoms with van der Waals surface area (Å²) in [5.74, 6) is -0.372. The van der Waals surface area contributed by atoms with E-state index < -0.39 is 6.10 Å². The number of benzene rings is 1. The van der Waals surface area contributed by atoms with Crippen LogP contribution in [-0.2, 0) is 9.53 Å². The molecule has 1 atom stereocenters. The van der Waals surface area contributed by atoms with Crippen LogP contribution in [0.15, 0.2) is 42.5 Å². The summed E-state index contributed by atoms with van der Waals surface area (Å²) in [5.41, 5.74) is 0.844. The zero-order chi connectivity index (χ0) is 11.8. The molecule has 3 nitrogen and oxygen atoms in total. The van der Waals surface area contributed by atoms with Gasteiger partial charge in [0.25, 0.3) is 0 Å². The smallest absolute Gasteiger partial charge is 0.330 e. The molecule has 0 radical (unpaired) electrons. The van der Waals surface area contributed by atoms with Gasteiger partial charge >= 0.3 is 5.97 Å². The largest absolute Gasteiger partial charge is 0.463 e. The Hall–Kier alpha value is -1.61. The molecule has 0 aliphatic carbocycles. The highest BCUT2D eigenvalue weighted by Gasteiger charge is 2.04. The van der Waals surface area contributed by atoms with Gasteiger partial charge in [-0.25, -0.2) is 4.79 Å². The highest BCUT2D eigenvalue weighted by molar-refractivity contribution is 5.81. The van der Waals surface area contributed by atoms with Crippen LogP contribution in [0.3, 0.4) is 0 Å². The zero-order valence-corrected chi connectivity index (χ0v) is 9.30. The molecule has 0 unspecified atom stereocenters. The van der Waals surface area contributed by atoms with E-state index in [0.717, 1.165) is 5.56 Å². The van der Waals surface area contributed by atoms with Crippen molar-refractivity contribution in [2.75, 3.05) is 6.61 Å². The Labute approximate surface area is 95.4 Å². The molecule has 86 valence electrons. The number of carbonyl (C=O) groups excluding carboxylic acids is 1. The summed E-state index contributed by atoms with van der Waals surface area (Å²) in [6, 6.07) is 9.33. The third kappa shape index (κ3) is 4.28. The maximum Gasteiger partial charge on any atom is 0.330 e. The second-order valence-electron chi connectivity index (χ2n) is 3.32. The van der Waals surface area contributed by atoms with E-state index in [-0.39, 0.29) is 5.97 Å². The monoisotopic (exact) mass is 220 g/mol. The average Bonchev–Trinajstić information content (AvgIpc) is 2.30. The number of rotatable bonds is 5. The second-order valence-corrected chi connectivity index (χ2v) is 3.32. The van der Waals surface area contributed by atoms with Gasteiger partial charge in [-0.05, 0) is 18.9 Å². The third-order valence-corrected chi connectivity index (χ3v) is 2.08. The van der Waals surface area contributed by atoms with Crippen LogP contribution in [0.5, 0.6) is 0 Å². The number of hydrogen-bond donors (Lipinski definition) is 1. The van der Waals surface area contributed by atoms with Gasteiger partial charge in [-0.3, -0.25) is 0 Å². The Bertz CT molecular complexity index is 343. The van der Waals surface area contributed by atoms with Crippen LogP contribution in [0.1, 0.15) is 25.0 Å². The van der Waals surface area contributed by atoms with Gasteiger partial charge in [0.05, 0.1) is 12.7 Å². The summed E-state index contributed by atoms with van der Waals surface area (Å²) >= 11 is 0. The average molecular weight is 220 g/mol. The van der Waals surface area contributed by atoms with Gasteiger partial charge in [0.2, 0.25) is 0 Å². The van der Waals surface area contributed by atoms with E-state index in [1.807, 2.05) is 30.3 Å². The molecular weight excluding hydrogens is 204 g/mol. The second kappa shape index (κ2) is 6.80. The standard InChI is InChI=1S/C13H16O3/c1-2-16-13(15)10-6-9-12(14)11-7-4-3-5-8-11/h3-8,10,12,14H,2,9H2,1H3/t12-/m0/s1. The normalized spacial score (nSPS) is 12.6. The van der Waals surface area contributed by atoms with Crippen molar-refractivity contribution in [3.05, 3.63) is 48.0 Å². The quantitative estimate of drug-likeness (QED) is 0.611. The molecule has 3 heteroatoms. The molecular formula is C13H16O3. The molecule has 0 bridgehead atoms. The molecule has 0 saturated carbocycles. The Morgan fingerprint density at radius 2 is 2.12 bits per heavy atom. The number of carbonyl (C=O) groups is 1. The fraction of sp³-hybridized carbons (Fsp3) is 0.308. The van der Waals surface area contributed by atoms with Crippen molar-refractivity contribution in [2.24, 2.45) is 0 Å². The van der Waals surface area contributed by atoms with E-state index >= 15 is 0 Å². The minimum absolute atomic E-state index is 0.365. The van der Waals surface area contributed by atoms with Crippen LogP contribution >= 0.6 is 0 Å². The minimum Gasteiger partial charge on any atom is -0.463 e. The lowest BCUT2D eigenvalue weighted by Gasteiger charge is -2.07. The summed E-state index contributed by atoms with van der Waals surface area (Å²) in [6.07, 6.45) is 2.79. The predicted molar refractivity (Wildman–Crippen MR) is 61.8 cm³/mol. The van der Waals surface area contributed by atoms with Crippen LogP contribution in [0.4, 0.5) is 0 Å². The summed E-state index contributed by atoms with van der Waals surface area (Å²) in [6.45, 7) is 2.12. The molecule has 16 heavy (non-hydrogen) atoms. The van der Waals surface area contributed by atoms with Crippen LogP contribution in [0.2, 0.25) is 0 Å². The zero-order valence-electron chi connectivity index (χ0n) is 9.30. The number of aliphatic hydroxyl groups is 1. The topological polar surface area (TPSA) is 46.5 Å². The van der Waals surface area contributed by atoms with Crippen molar-refractivity contribution in [1.29, 1.82) is 0 Å². The van der Waals surface area contributed by atoms with Crippen molar-refractivity contribution in [1.82, 2.24) is 0 Å². The van der Waals surface area contributed by atoms with Gasteiger partial charge in [-0.2, -0.15) is 0 Å². The molecule has 1 N–H and O–H groups in total. The van der Waals surface area contributed by atoms with Crippen LogP contribution < -0.4 is 0 Å². The van der Waals surface area contributed by atoms with Gasteiger partial charge in [0, 0.05) is 6.08 Å². The fourth-order valence-corrected chi connectivity index (χ4v) is 1.29. The van der Waals surface area contributed by atoms with Gasteiger partial charge < -0.3 is 9.84 Å². The van der Waals surface area contributed by atoms with Gasteiger partial charge in [0.15, 0.2) is 0 Å². The molecule has 0 saturated heterocycles. The summed E-state index contributed by atoms with van der Waals surface area (Å²) < 4.78 is 4.72. The lowest BCUT2D eigenvalue weighted by atomic mass is 10.1. The maximum atomic E-state index is 11.0.